The molecule has 1 saturated heterocycles. The van der Waals surface area contributed by atoms with E-state index in [0.717, 1.165) is 24.1 Å². The van der Waals surface area contributed by atoms with Gasteiger partial charge in [-0.2, -0.15) is 0 Å². The highest BCUT2D eigenvalue weighted by atomic mass is 16.6. The number of likely N-dealkylation sites (tertiary alicyclic amines) is 1. The maximum absolute atomic E-state index is 11.8. The summed E-state index contributed by atoms with van der Waals surface area (Å²) in [6.07, 6.45) is 1.55. The van der Waals surface area contributed by atoms with E-state index < -0.39 is 10.9 Å². The predicted molar refractivity (Wildman–Crippen MR) is 103 cm³/mol. The number of rotatable bonds is 7. The fraction of sp³-hybridized carbons (Fsp3) is 0.300. The molecule has 0 spiro atoms. The molecule has 1 aliphatic rings. The minimum absolute atomic E-state index is 0.0943. The first-order chi connectivity index (χ1) is 13.5. The van der Waals surface area contributed by atoms with Crippen LogP contribution in [0.15, 0.2) is 42.5 Å². The predicted octanol–water partition coefficient (Wildman–Crippen LogP) is 3.12. The number of carbonyl (C=O) groups excluding carboxylic acids is 2. The zero-order chi connectivity index (χ0) is 20.1. The van der Waals surface area contributed by atoms with Gasteiger partial charge in [-0.25, -0.2) is 4.79 Å². The van der Waals surface area contributed by atoms with Crippen LogP contribution in [0.25, 0.3) is 0 Å². The number of methoxy groups -OCH3 is 1. The molecular weight excluding hydrogens is 362 g/mol. The summed E-state index contributed by atoms with van der Waals surface area (Å²) in [6.45, 7) is 1.92. The lowest BCUT2D eigenvalue weighted by atomic mass is 10.1. The van der Waals surface area contributed by atoms with Crippen LogP contribution in [0.1, 0.15) is 34.3 Å². The molecule has 1 N–H and O–H groups in total. The maximum Gasteiger partial charge on any atom is 0.344 e. The van der Waals surface area contributed by atoms with Crippen LogP contribution >= 0.6 is 0 Å². The summed E-state index contributed by atoms with van der Waals surface area (Å²) in [5.41, 5.74) is 2.27. The Morgan fingerprint density at radius 1 is 1.21 bits per heavy atom. The van der Waals surface area contributed by atoms with Gasteiger partial charge in [-0.15, -0.1) is 0 Å². The Kier molecular flexibility index (Phi) is 5.88. The van der Waals surface area contributed by atoms with Crippen LogP contribution in [0.4, 0.5) is 11.4 Å². The number of hydrogen-bond acceptors (Lipinski definition) is 6. The van der Waals surface area contributed by atoms with E-state index in [0.29, 0.717) is 25.2 Å². The molecule has 28 heavy (non-hydrogen) atoms. The lowest BCUT2D eigenvalue weighted by Gasteiger charge is -2.15. The molecule has 0 bridgehead atoms. The summed E-state index contributed by atoms with van der Waals surface area (Å²) in [7, 11) is 1.18. The molecule has 0 unspecified atom stereocenters. The molecule has 8 heteroatoms. The third kappa shape index (κ3) is 4.46. The molecule has 146 valence electrons. The van der Waals surface area contributed by atoms with Crippen LogP contribution in [-0.2, 0) is 22.6 Å². The minimum Gasteiger partial charge on any atom is -0.465 e. The second-order valence-electron chi connectivity index (χ2n) is 6.57. The molecular formula is C20H21N3O5. The molecule has 2 aromatic rings. The summed E-state index contributed by atoms with van der Waals surface area (Å²) in [5.74, 6) is -0.554. The molecule has 0 radical (unpaired) electrons. The highest BCUT2D eigenvalue weighted by Gasteiger charge is 2.21. The smallest absolute Gasteiger partial charge is 0.344 e. The summed E-state index contributed by atoms with van der Waals surface area (Å²) < 4.78 is 4.62. The first-order valence-electron chi connectivity index (χ1n) is 8.94. The Bertz CT molecular complexity index is 895. The zero-order valence-corrected chi connectivity index (χ0v) is 15.5. The van der Waals surface area contributed by atoms with Crippen molar-refractivity contribution in [2.75, 3.05) is 19.0 Å². The van der Waals surface area contributed by atoms with Crippen LogP contribution in [-0.4, -0.2) is 35.4 Å². The van der Waals surface area contributed by atoms with Crippen molar-refractivity contribution in [1.29, 1.82) is 0 Å². The molecule has 1 heterocycles. The number of ether oxygens (including phenoxy) is 1. The number of nitro benzene ring substituents is 1. The van der Waals surface area contributed by atoms with Crippen molar-refractivity contribution in [3.8, 4) is 0 Å². The molecule has 0 aliphatic carbocycles. The van der Waals surface area contributed by atoms with Gasteiger partial charge in [0, 0.05) is 37.8 Å². The Morgan fingerprint density at radius 3 is 2.54 bits per heavy atom. The van der Waals surface area contributed by atoms with E-state index in [4.69, 9.17) is 0 Å². The molecule has 1 fully saturated rings. The number of nitrogens with zero attached hydrogens (tertiary/aromatic N) is 2. The third-order valence-electron chi connectivity index (χ3n) is 4.66. The van der Waals surface area contributed by atoms with Crippen molar-refractivity contribution < 1.29 is 19.2 Å². The van der Waals surface area contributed by atoms with Gasteiger partial charge in [-0.1, -0.05) is 24.3 Å². The van der Waals surface area contributed by atoms with E-state index in [1.54, 1.807) is 6.07 Å². The highest BCUT2D eigenvalue weighted by Crippen LogP contribution is 2.24. The largest absolute Gasteiger partial charge is 0.465 e. The fourth-order valence-electron chi connectivity index (χ4n) is 3.14. The third-order valence-corrected chi connectivity index (χ3v) is 4.66. The number of esters is 1. The molecule has 3 rings (SSSR count). The molecule has 1 amide bonds. The first kappa shape index (κ1) is 19.3. The molecule has 0 atom stereocenters. The maximum atomic E-state index is 11.8. The normalized spacial score (nSPS) is 13.5. The Hall–Kier alpha value is -3.42. The number of anilines is 1. The summed E-state index contributed by atoms with van der Waals surface area (Å²) in [5, 5.41) is 14.2. The number of amides is 1. The molecule has 1 aliphatic heterocycles. The summed E-state index contributed by atoms with van der Waals surface area (Å²) in [4.78, 5) is 35.8. The summed E-state index contributed by atoms with van der Waals surface area (Å²) in [6, 6.07) is 12.2. The average Bonchev–Trinajstić information content (AvgIpc) is 3.11. The topological polar surface area (TPSA) is 102 Å². The van der Waals surface area contributed by atoms with E-state index in [2.05, 4.69) is 10.1 Å². The highest BCUT2D eigenvalue weighted by molar-refractivity contribution is 5.95. The monoisotopic (exact) mass is 383 g/mol. The van der Waals surface area contributed by atoms with E-state index in [9.17, 15) is 19.7 Å². The number of nitro groups is 1. The van der Waals surface area contributed by atoms with Crippen molar-refractivity contribution in [2.45, 2.75) is 25.9 Å². The standard InChI is InChI=1S/C20H21N3O5/c1-28-20(25)17-11-16(8-9-18(17)23(26)27)21-12-14-4-6-15(7-5-14)13-22-10-2-3-19(22)24/h4-9,11,21H,2-3,10,12-13H2,1H3. The van der Waals surface area contributed by atoms with Crippen LogP contribution < -0.4 is 5.32 Å². The number of nitrogens with one attached hydrogen (secondary N) is 1. The molecule has 0 saturated carbocycles. The number of carbonyl (C=O) groups is 2. The lowest BCUT2D eigenvalue weighted by molar-refractivity contribution is -0.385. The van der Waals surface area contributed by atoms with Crippen molar-refractivity contribution in [2.24, 2.45) is 0 Å². The molecule has 8 nitrogen and oxygen atoms in total. The van der Waals surface area contributed by atoms with Gasteiger partial charge in [0.1, 0.15) is 5.56 Å². The zero-order valence-electron chi connectivity index (χ0n) is 15.5. The Morgan fingerprint density at radius 2 is 1.93 bits per heavy atom. The van der Waals surface area contributed by atoms with E-state index in [1.807, 2.05) is 29.2 Å². The lowest BCUT2D eigenvalue weighted by Crippen LogP contribution is -2.23. The summed E-state index contributed by atoms with van der Waals surface area (Å²) >= 11 is 0. The van der Waals surface area contributed by atoms with Crippen molar-refractivity contribution in [3.05, 3.63) is 69.3 Å². The molecule has 0 aromatic heterocycles. The van der Waals surface area contributed by atoms with Crippen LogP contribution in [0, 0.1) is 10.1 Å². The van der Waals surface area contributed by atoms with Crippen molar-refractivity contribution >= 4 is 23.3 Å². The average molecular weight is 383 g/mol. The first-order valence-corrected chi connectivity index (χ1v) is 8.94. The van der Waals surface area contributed by atoms with E-state index in [1.165, 1.54) is 19.2 Å². The quantitative estimate of drug-likeness (QED) is 0.448. The van der Waals surface area contributed by atoms with Crippen LogP contribution in [0.5, 0.6) is 0 Å². The Labute approximate surface area is 162 Å². The number of hydrogen-bond donors (Lipinski definition) is 1. The van der Waals surface area contributed by atoms with Gasteiger partial charge in [0.05, 0.1) is 12.0 Å². The second kappa shape index (κ2) is 8.51. The molecule has 2 aromatic carbocycles. The van der Waals surface area contributed by atoms with Gasteiger partial charge >= 0.3 is 5.97 Å². The van der Waals surface area contributed by atoms with Gasteiger partial charge in [0.2, 0.25) is 5.91 Å². The van der Waals surface area contributed by atoms with Gasteiger partial charge < -0.3 is 15.0 Å². The van der Waals surface area contributed by atoms with E-state index in [-0.39, 0.29) is 17.2 Å². The fourth-order valence-corrected chi connectivity index (χ4v) is 3.14. The Balaban J connectivity index is 1.64. The van der Waals surface area contributed by atoms with Gasteiger partial charge in [-0.3, -0.25) is 14.9 Å². The van der Waals surface area contributed by atoms with E-state index >= 15 is 0 Å². The number of benzene rings is 2. The SMILES string of the molecule is COC(=O)c1cc(NCc2ccc(CN3CCCC3=O)cc2)ccc1[N+](=O)[O-]. The minimum atomic E-state index is -0.754. The van der Waals surface area contributed by atoms with Gasteiger partial charge in [0.25, 0.3) is 5.69 Å². The van der Waals surface area contributed by atoms with Gasteiger partial charge in [-0.05, 0) is 29.7 Å². The second-order valence-corrected chi connectivity index (χ2v) is 6.57. The van der Waals surface area contributed by atoms with Crippen molar-refractivity contribution in [1.82, 2.24) is 4.90 Å². The van der Waals surface area contributed by atoms with Crippen LogP contribution in [0.3, 0.4) is 0 Å². The van der Waals surface area contributed by atoms with Gasteiger partial charge in [0.15, 0.2) is 0 Å². The van der Waals surface area contributed by atoms with Crippen LogP contribution in [0.2, 0.25) is 0 Å². The van der Waals surface area contributed by atoms with Crippen molar-refractivity contribution in [3.63, 3.8) is 0 Å².